The minimum Gasteiger partial charge on any atom is -0.348 e. The van der Waals surface area contributed by atoms with Crippen molar-refractivity contribution in [2.24, 2.45) is 5.92 Å². The maximum absolute atomic E-state index is 11.9. The maximum atomic E-state index is 11.9. The predicted molar refractivity (Wildman–Crippen MR) is 74.8 cm³/mol. The molecule has 0 spiro atoms. The zero-order valence-electron chi connectivity index (χ0n) is 12.7. The summed E-state index contributed by atoms with van der Waals surface area (Å²) in [6.45, 7) is 5.95. The lowest BCUT2D eigenvalue weighted by atomic mass is 9.90. The van der Waals surface area contributed by atoms with Gasteiger partial charge in [0, 0.05) is 6.04 Å². The summed E-state index contributed by atoms with van der Waals surface area (Å²) < 4.78 is 0. The number of rotatable bonds is 7. The Bertz CT molecular complexity index is 412. The molecule has 20 heavy (non-hydrogen) atoms. The van der Waals surface area contributed by atoms with E-state index in [9.17, 15) is 9.59 Å². The van der Waals surface area contributed by atoms with Crippen molar-refractivity contribution in [2.45, 2.75) is 45.2 Å². The number of amides is 2. The number of quaternary nitrogens is 1. The monoisotopic (exact) mass is 281 g/mol. The van der Waals surface area contributed by atoms with Gasteiger partial charge >= 0.3 is 0 Å². The number of nitrogens with one attached hydrogen (secondary N) is 3. The van der Waals surface area contributed by atoms with Crippen LogP contribution in [0.3, 0.4) is 0 Å². The Balaban J connectivity index is 2.37. The summed E-state index contributed by atoms with van der Waals surface area (Å²) in [4.78, 5) is 24.4. The van der Waals surface area contributed by atoms with Gasteiger partial charge in [-0.25, -0.2) is 0 Å². The van der Waals surface area contributed by atoms with Crippen molar-refractivity contribution in [1.82, 2.24) is 10.6 Å². The van der Waals surface area contributed by atoms with E-state index in [0.717, 1.165) is 17.7 Å². The van der Waals surface area contributed by atoms with E-state index < -0.39 is 5.54 Å². The molecule has 6 nitrogen and oxygen atoms in total. The summed E-state index contributed by atoms with van der Waals surface area (Å²) in [6, 6.07) is 2.48. The van der Waals surface area contributed by atoms with E-state index in [4.69, 9.17) is 5.26 Å². The normalized spacial score (nSPS) is 18.8. The molecule has 1 saturated carbocycles. The van der Waals surface area contributed by atoms with Crippen molar-refractivity contribution in [2.75, 3.05) is 20.1 Å². The van der Waals surface area contributed by atoms with Gasteiger partial charge in [-0.15, -0.1) is 0 Å². The van der Waals surface area contributed by atoms with Crippen LogP contribution in [0.25, 0.3) is 0 Å². The lowest BCUT2D eigenvalue weighted by Gasteiger charge is -2.27. The smallest absolute Gasteiger partial charge is 0.276 e. The van der Waals surface area contributed by atoms with Gasteiger partial charge in [0.15, 0.2) is 13.1 Å². The van der Waals surface area contributed by atoms with E-state index in [-0.39, 0.29) is 30.8 Å². The summed E-state index contributed by atoms with van der Waals surface area (Å²) in [7, 11) is 1.80. The number of hydrogen-bond acceptors (Lipinski definition) is 3. The molecule has 0 heterocycles. The topological polar surface area (TPSA) is 86.4 Å². The highest BCUT2D eigenvalue weighted by Crippen LogP contribution is 2.18. The van der Waals surface area contributed by atoms with Crippen LogP contribution in [0.5, 0.6) is 0 Å². The molecule has 3 N–H and O–H groups in total. The Labute approximate surface area is 120 Å². The van der Waals surface area contributed by atoms with E-state index in [1.54, 1.807) is 14.0 Å². The van der Waals surface area contributed by atoms with Gasteiger partial charge in [-0.1, -0.05) is 13.8 Å². The molecule has 1 aliphatic carbocycles. The lowest BCUT2D eigenvalue weighted by Crippen LogP contribution is -3.11. The molecule has 0 aromatic rings. The fraction of sp³-hybridized carbons (Fsp3) is 0.786. The van der Waals surface area contributed by atoms with Crippen LogP contribution >= 0.6 is 0 Å². The molecule has 0 aromatic carbocycles. The van der Waals surface area contributed by atoms with Crippen LogP contribution in [-0.4, -0.2) is 43.5 Å². The molecule has 1 fully saturated rings. The van der Waals surface area contributed by atoms with Crippen LogP contribution < -0.4 is 15.5 Å². The average molecular weight is 281 g/mol. The number of nitrogens with zero attached hydrogens (tertiary/aromatic N) is 1. The Hall–Kier alpha value is -1.61. The second-order valence-electron chi connectivity index (χ2n) is 6.17. The Morgan fingerprint density at radius 3 is 2.35 bits per heavy atom. The highest BCUT2D eigenvalue weighted by atomic mass is 16.2. The molecule has 0 aromatic heterocycles. The number of nitriles is 1. The van der Waals surface area contributed by atoms with Crippen molar-refractivity contribution in [1.29, 1.82) is 5.26 Å². The van der Waals surface area contributed by atoms with E-state index in [0.29, 0.717) is 6.04 Å². The minimum absolute atomic E-state index is 0.0231. The van der Waals surface area contributed by atoms with Crippen LogP contribution in [0.15, 0.2) is 0 Å². The quantitative estimate of drug-likeness (QED) is 0.550. The molecular weight excluding hydrogens is 256 g/mol. The van der Waals surface area contributed by atoms with Crippen molar-refractivity contribution in [3.63, 3.8) is 0 Å². The van der Waals surface area contributed by atoms with Gasteiger partial charge < -0.3 is 15.5 Å². The standard InChI is InChI=1S/C14H24N4O2/c1-10(2)14(3,9-15)17-13(20)8-18(4)7-12(19)16-11-5-6-11/h10-11H,5-8H2,1-4H3,(H,16,19)(H,17,20)/p+1/t14-/m1/s1. The largest absolute Gasteiger partial charge is 0.348 e. The molecule has 1 unspecified atom stereocenters. The highest BCUT2D eigenvalue weighted by molar-refractivity contribution is 5.79. The zero-order chi connectivity index (χ0) is 15.3. The van der Waals surface area contributed by atoms with Gasteiger partial charge in [0.05, 0.1) is 13.1 Å². The van der Waals surface area contributed by atoms with Crippen LogP contribution in [0.4, 0.5) is 0 Å². The molecule has 0 bridgehead atoms. The first kappa shape index (κ1) is 16.4. The van der Waals surface area contributed by atoms with Crippen LogP contribution in [-0.2, 0) is 9.59 Å². The molecular formula is C14H25N4O2+. The molecule has 2 amide bonds. The number of hydrogen-bond donors (Lipinski definition) is 3. The van der Waals surface area contributed by atoms with E-state index >= 15 is 0 Å². The molecule has 1 rings (SSSR count). The molecule has 112 valence electrons. The third-order valence-electron chi connectivity index (χ3n) is 3.65. The minimum atomic E-state index is -0.867. The van der Waals surface area contributed by atoms with Gasteiger partial charge in [0.2, 0.25) is 0 Å². The molecule has 1 aliphatic rings. The van der Waals surface area contributed by atoms with Gasteiger partial charge in [0.25, 0.3) is 11.8 Å². The summed E-state index contributed by atoms with van der Waals surface area (Å²) in [5.41, 5.74) is -0.867. The first-order valence-corrected chi connectivity index (χ1v) is 7.09. The van der Waals surface area contributed by atoms with Gasteiger partial charge in [0.1, 0.15) is 5.54 Å². The van der Waals surface area contributed by atoms with Crippen molar-refractivity contribution in [3.05, 3.63) is 0 Å². The summed E-state index contributed by atoms with van der Waals surface area (Å²) in [6.07, 6.45) is 2.11. The first-order valence-electron chi connectivity index (χ1n) is 7.09. The Morgan fingerprint density at radius 2 is 1.90 bits per heavy atom. The Morgan fingerprint density at radius 1 is 1.35 bits per heavy atom. The van der Waals surface area contributed by atoms with Crippen LogP contribution in [0.2, 0.25) is 0 Å². The summed E-state index contributed by atoms with van der Waals surface area (Å²) in [5.74, 6) is -0.209. The second-order valence-corrected chi connectivity index (χ2v) is 6.17. The number of carbonyl (C=O) groups excluding carboxylic acids is 2. The Kier molecular flexibility index (Phi) is 5.52. The predicted octanol–water partition coefficient (Wildman–Crippen LogP) is -1.17. The van der Waals surface area contributed by atoms with E-state index in [1.807, 2.05) is 13.8 Å². The van der Waals surface area contributed by atoms with Crippen molar-refractivity contribution < 1.29 is 14.5 Å². The molecule has 0 radical (unpaired) electrons. The molecule has 0 saturated heterocycles. The van der Waals surface area contributed by atoms with Gasteiger partial charge in [-0.2, -0.15) is 5.26 Å². The zero-order valence-corrected chi connectivity index (χ0v) is 12.7. The fourth-order valence-corrected chi connectivity index (χ4v) is 1.75. The van der Waals surface area contributed by atoms with Crippen molar-refractivity contribution >= 4 is 11.8 Å². The first-order chi connectivity index (χ1) is 9.26. The SMILES string of the molecule is CC(C)[C@@](C)(C#N)NC(=O)C[NH+](C)CC(=O)NC1CC1. The molecule has 6 heteroatoms. The fourth-order valence-electron chi connectivity index (χ4n) is 1.75. The average Bonchev–Trinajstić information content (AvgIpc) is 3.11. The van der Waals surface area contributed by atoms with Gasteiger partial charge in [-0.05, 0) is 25.7 Å². The van der Waals surface area contributed by atoms with E-state index in [2.05, 4.69) is 16.7 Å². The highest BCUT2D eigenvalue weighted by Gasteiger charge is 2.31. The van der Waals surface area contributed by atoms with Crippen molar-refractivity contribution in [3.8, 4) is 6.07 Å². The third kappa shape index (κ3) is 5.17. The van der Waals surface area contributed by atoms with Crippen LogP contribution in [0, 0.1) is 17.2 Å². The van der Waals surface area contributed by atoms with Gasteiger partial charge in [-0.3, -0.25) is 9.59 Å². The molecule has 2 atom stereocenters. The summed E-state index contributed by atoms with van der Waals surface area (Å²) in [5, 5.41) is 14.8. The number of carbonyl (C=O) groups is 2. The lowest BCUT2D eigenvalue weighted by molar-refractivity contribution is -0.862. The molecule has 0 aliphatic heterocycles. The van der Waals surface area contributed by atoms with E-state index in [1.165, 1.54) is 0 Å². The third-order valence-corrected chi connectivity index (χ3v) is 3.65. The second kappa shape index (κ2) is 6.71. The van der Waals surface area contributed by atoms with Crippen LogP contribution in [0.1, 0.15) is 33.6 Å². The summed E-state index contributed by atoms with van der Waals surface area (Å²) >= 11 is 0. The number of likely N-dealkylation sites (N-methyl/N-ethyl adjacent to an activating group) is 1. The maximum Gasteiger partial charge on any atom is 0.276 e.